The molecule has 2 aromatic carbocycles. The summed E-state index contributed by atoms with van der Waals surface area (Å²) in [6, 6.07) is 13.7. The normalized spacial score (nSPS) is 10.3. The molecular weight excluding hydrogens is 332 g/mol. The summed E-state index contributed by atoms with van der Waals surface area (Å²) in [4.78, 5) is 35.1. The van der Waals surface area contributed by atoms with Crippen molar-refractivity contribution in [2.75, 3.05) is 5.32 Å². The zero-order chi connectivity index (χ0) is 19.1. The average Bonchev–Trinajstić information content (AvgIpc) is 2.59. The van der Waals surface area contributed by atoms with Gasteiger partial charge in [0, 0.05) is 30.6 Å². The van der Waals surface area contributed by atoms with Crippen LogP contribution < -0.4 is 15.4 Å². The molecule has 0 fully saturated rings. The molecule has 0 bridgehead atoms. The third-order valence-corrected chi connectivity index (χ3v) is 3.53. The van der Waals surface area contributed by atoms with Gasteiger partial charge in [-0.2, -0.15) is 0 Å². The lowest BCUT2D eigenvalue weighted by atomic mass is 10.1. The zero-order valence-corrected chi connectivity index (χ0v) is 15.0. The summed E-state index contributed by atoms with van der Waals surface area (Å²) < 4.78 is 4.98. The van der Waals surface area contributed by atoms with E-state index >= 15 is 0 Å². The summed E-state index contributed by atoms with van der Waals surface area (Å²) in [6.45, 7) is 5.26. The molecule has 136 valence electrons. The molecule has 2 amide bonds. The quantitative estimate of drug-likeness (QED) is 0.616. The predicted molar refractivity (Wildman–Crippen MR) is 98.8 cm³/mol. The molecule has 0 aromatic heterocycles. The number of benzene rings is 2. The average molecular weight is 354 g/mol. The van der Waals surface area contributed by atoms with Crippen LogP contribution in [0.25, 0.3) is 0 Å². The van der Waals surface area contributed by atoms with Gasteiger partial charge in [0.2, 0.25) is 5.91 Å². The second kappa shape index (κ2) is 8.80. The Morgan fingerprint density at radius 1 is 1.04 bits per heavy atom. The van der Waals surface area contributed by atoms with E-state index in [-0.39, 0.29) is 17.7 Å². The van der Waals surface area contributed by atoms with Crippen molar-refractivity contribution in [2.45, 2.75) is 27.3 Å². The first-order chi connectivity index (χ1) is 12.3. The van der Waals surface area contributed by atoms with E-state index < -0.39 is 5.97 Å². The first-order valence-electron chi connectivity index (χ1n) is 8.31. The van der Waals surface area contributed by atoms with Gasteiger partial charge in [-0.3, -0.25) is 14.4 Å². The number of hydrogen-bond donors (Lipinski definition) is 2. The van der Waals surface area contributed by atoms with Gasteiger partial charge < -0.3 is 15.4 Å². The summed E-state index contributed by atoms with van der Waals surface area (Å²) in [5.74, 6) is -0.571. The van der Waals surface area contributed by atoms with Crippen molar-refractivity contribution in [3.8, 4) is 5.75 Å². The molecule has 0 saturated carbocycles. The molecular formula is C20H22N2O4. The van der Waals surface area contributed by atoms with Gasteiger partial charge in [-0.1, -0.05) is 32.0 Å². The molecule has 0 unspecified atom stereocenters. The SMILES string of the molecule is CC(=O)Oc1cccc(C(=O)NCc2cccc(NC(=O)C(C)C)c2)c1. The third-order valence-electron chi connectivity index (χ3n) is 3.53. The number of amides is 2. The highest BCUT2D eigenvalue weighted by molar-refractivity contribution is 5.95. The molecule has 6 nitrogen and oxygen atoms in total. The monoisotopic (exact) mass is 354 g/mol. The minimum Gasteiger partial charge on any atom is -0.427 e. The molecule has 0 spiro atoms. The maximum Gasteiger partial charge on any atom is 0.308 e. The van der Waals surface area contributed by atoms with Gasteiger partial charge in [0.05, 0.1) is 0 Å². The fraction of sp³-hybridized carbons (Fsp3) is 0.250. The lowest BCUT2D eigenvalue weighted by molar-refractivity contribution is -0.131. The Kier molecular flexibility index (Phi) is 6.49. The lowest BCUT2D eigenvalue weighted by Crippen LogP contribution is -2.23. The van der Waals surface area contributed by atoms with Gasteiger partial charge in [-0.25, -0.2) is 0 Å². The minimum absolute atomic E-state index is 0.0616. The maximum atomic E-state index is 12.3. The Balaban J connectivity index is 1.99. The van der Waals surface area contributed by atoms with E-state index in [1.165, 1.54) is 13.0 Å². The van der Waals surface area contributed by atoms with Gasteiger partial charge in [-0.05, 0) is 35.9 Å². The summed E-state index contributed by atoms with van der Waals surface area (Å²) >= 11 is 0. The second-order valence-electron chi connectivity index (χ2n) is 6.15. The largest absolute Gasteiger partial charge is 0.427 e. The van der Waals surface area contributed by atoms with E-state index in [9.17, 15) is 14.4 Å². The highest BCUT2D eigenvalue weighted by Crippen LogP contribution is 2.15. The van der Waals surface area contributed by atoms with Crippen molar-refractivity contribution in [1.82, 2.24) is 5.32 Å². The molecule has 0 aliphatic carbocycles. The van der Waals surface area contributed by atoms with E-state index in [2.05, 4.69) is 10.6 Å². The molecule has 2 N–H and O–H groups in total. The number of nitrogens with one attached hydrogen (secondary N) is 2. The predicted octanol–water partition coefficient (Wildman–Crippen LogP) is 3.14. The molecule has 0 aliphatic heterocycles. The Morgan fingerprint density at radius 3 is 2.46 bits per heavy atom. The number of ether oxygens (including phenoxy) is 1. The van der Waals surface area contributed by atoms with Gasteiger partial charge in [0.1, 0.15) is 5.75 Å². The summed E-state index contributed by atoms with van der Waals surface area (Å²) in [5, 5.41) is 5.63. The number of carbonyl (C=O) groups is 3. The third kappa shape index (κ3) is 5.73. The summed E-state index contributed by atoms with van der Waals surface area (Å²) in [6.07, 6.45) is 0. The van der Waals surface area contributed by atoms with Crippen LogP contribution in [0, 0.1) is 5.92 Å². The molecule has 2 rings (SSSR count). The minimum atomic E-state index is -0.442. The van der Waals surface area contributed by atoms with Crippen LogP contribution in [-0.2, 0) is 16.1 Å². The Morgan fingerprint density at radius 2 is 1.77 bits per heavy atom. The van der Waals surface area contributed by atoms with Crippen LogP contribution >= 0.6 is 0 Å². The summed E-state index contributed by atoms with van der Waals surface area (Å²) in [7, 11) is 0. The Bertz CT molecular complexity index is 815. The van der Waals surface area contributed by atoms with E-state index in [4.69, 9.17) is 4.74 Å². The van der Waals surface area contributed by atoms with Crippen LogP contribution in [0.1, 0.15) is 36.7 Å². The molecule has 0 radical (unpaired) electrons. The number of rotatable bonds is 6. The standard InChI is InChI=1S/C20H22N2O4/c1-13(2)19(24)22-17-8-4-6-15(10-17)12-21-20(25)16-7-5-9-18(11-16)26-14(3)23/h4-11,13H,12H2,1-3H3,(H,21,25)(H,22,24). The molecule has 6 heteroatoms. The molecule has 0 saturated heterocycles. The number of carbonyl (C=O) groups excluding carboxylic acids is 3. The number of hydrogen-bond acceptors (Lipinski definition) is 4. The fourth-order valence-electron chi connectivity index (χ4n) is 2.20. The smallest absolute Gasteiger partial charge is 0.308 e. The van der Waals surface area contributed by atoms with Crippen LogP contribution in [0.4, 0.5) is 5.69 Å². The van der Waals surface area contributed by atoms with Gasteiger partial charge in [0.25, 0.3) is 5.91 Å². The van der Waals surface area contributed by atoms with Gasteiger partial charge in [0.15, 0.2) is 0 Å². The van der Waals surface area contributed by atoms with Crippen molar-refractivity contribution >= 4 is 23.5 Å². The second-order valence-corrected chi connectivity index (χ2v) is 6.15. The van der Waals surface area contributed by atoms with Gasteiger partial charge in [-0.15, -0.1) is 0 Å². The lowest BCUT2D eigenvalue weighted by Gasteiger charge is -2.10. The zero-order valence-electron chi connectivity index (χ0n) is 15.0. The molecule has 0 aliphatic rings. The van der Waals surface area contributed by atoms with Crippen molar-refractivity contribution in [2.24, 2.45) is 5.92 Å². The first kappa shape index (κ1) is 19.2. The number of anilines is 1. The van der Waals surface area contributed by atoms with Crippen molar-refractivity contribution < 1.29 is 19.1 Å². The van der Waals surface area contributed by atoms with Crippen molar-refractivity contribution in [1.29, 1.82) is 0 Å². The molecule has 0 heterocycles. The topological polar surface area (TPSA) is 84.5 Å². The fourth-order valence-corrected chi connectivity index (χ4v) is 2.20. The van der Waals surface area contributed by atoms with Crippen LogP contribution in [-0.4, -0.2) is 17.8 Å². The maximum absolute atomic E-state index is 12.3. The summed E-state index contributed by atoms with van der Waals surface area (Å²) in [5.41, 5.74) is 1.94. The number of esters is 1. The molecule has 2 aromatic rings. The first-order valence-corrected chi connectivity index (χ1v) is 8.31. The van der Waals surface area contributed by atoms with Crippen LogP contribution in [0.5, 0.6) is 5.75 Å². The van der Waals surface area contributed by atoms with E-state index in [1.807, 2.05) is 32.0 Å². The van der Waals surface area contributed by atoms with Crippen molar-refractivity contribution in [3.63, 3.8) is 0 Å². The molecule has 26 heavy (non-hydrogen) atoms. The highest BCUT2D eigenvalue weighted by Gasteiger charge is 2.09. The van der Waals surface area contributed by atoms with E-state index in [0.717, 1.165) is 5.56 Å². The van der Waals surface area contributed by atoms with Crippen molar-refractivity contribution in [3.05, 3.63) is 59.7 Å². The van der Waals surface area contributed by atoms with Crippen LogP contribution in [0.15, 0.2) is 48.5 Å². The van der Waals surface area contributed by atoms with E-state index in [0.29, 0.717) is 23.5 Å². The van der Waals surface area contributed by atoms with Gasteiger partial charge >= 0.3 is 5.97 Å². The Labute approximate surface area is 152 Å². The molecule has 0 atom stereocenters. The Hall–Kier alpha value is -3.15. The van der Waals surface area contributed by atoms with Crippen LogP contribution in [0.2, 0.25) is 0 Å². The van der Waals surface area contributed by atoms with E-state index in [1.54, 1.807) is 24.3 Å². The van der Waals surface area contributed by atoms with Crippen LogP contribution in [0.3, 0.4) is 0 Å². The highest BCUT2D eigenvalue weighted by atomic mass is 16.5.